The molecule has 0 aromatic heterocycles. The van der Waals surface area contributed by atoms with Crippen LogP contribution in [0.2, 0.25) is 0 Å². The molecule has 0 fully saturated rings. The minimum absolute atomic E-state index is 0. The topological polar surface area (TPSA) is 165 Å². The first-order valence-electron chi connectivity index (χ1n) is 3.72. The fourth-order valence-corrected chi connectivity index (χ4v) is 0.539. The Bertz CT molecular complexity index is 159. The molecular weight excluding hydrogens is 212 g/mol. The van der Waals surface area contributed by atoms with Crippen molar-refractivity contribution in [1.82, 2.24) is 12.3 Å². The van der Waals surface area contributed by atoms with Crippen molar-refractivity contribution in [2.24, 2.45) is 0 Å². The lowest BCUT2D eigenvalue weighted by atomic mass is 10.2. The van der Waals surface area contributed by atoms with Crippen LogP contribution in [0, 0.1) is 0 Å². The molecule has 0 atom stereocenters. The van der Waals surface area contributed by atoms with Gasteiger partial charge >= 0.3 is 10.4 Å². The van der Waals surface area contributed by atoms with Gasteiger partial charge in [0.05, 0.1) is 0 Å². The fourth-order valence-electron chi connectivity index (χ4n) is 0.539. The van der Waals surface area contributed by atoms with Crippen molar-refractivity contribution < 1.29 is 22.6 Å². The van der Waals surface area contributed by atoms with Gasteiger partial charge in [0, 0.05) is 6.61 Å². The molecule has 0 unspecified atom stereocenters. The summed E-state index contributed by atoms with van der Waals surface area (Å²) in [6.07, 6.45) is 4.68. The third-order valence-corrected chi connectivity index (χ3v) is 1.01. The molecule has 0 aliphatic heterocycles. The average Bonchev–Trinajstić information content (AvgIpc) is 1.85. The summed E-state index contributed by atoms with van der Waals surface area (Å²) in [5, 5.41) is 8.29. The van der Waals surface area contributed by atoms with Crippen molar-refractivity contribution in [3.63, 3.8) is 0 Å². The highest BCUT2D eigenvalue weighted by Gasteiger charge is 1.84. The van der Waals surface area contributed by atoms with E-state index in [4.69, 9.17) is 22.6 Å². The molecule has 0 aromatic carbocycles. The fraction of sp³-hybridized carbons (Fsp3) is 1.00. The van der Waals surface area contributed by atoms with Crippen LogP contribution in [0.25, 0.3) is 0 Å². The van der Waals surface area contributed by atoms with Crippen LogP contribution in [0.5, 0.6) is 0 Å². The van der Waals surface area contributed by atoms with Gasteiger partial charge in [-0.1, -0.05) is 26.2 Å². The van der Waals surface area contributed by atoms with Crippen LogP contribution in [0.4, 0.5) is 0 Å². The first-order valence-corrected chi connectivity index (χ1v) is 5.12. The Kier molecular flexibility index (Phi) is 25.6. The molecule has 0 bridgehead atoms. The van der Waals surface area contributed by atoms with Crippen molar-refractivity contribution in [2.45, 2.75) is 32.6 Å². The summed E-state index contributed by atoms with van der Waals surface area (Å²) in [6.45, 7) is 2.53. The van der Waals surface area contributed by atoms with Crippen LogP contribution in [-0.4, -0.2) is 29.2 Å². The second-order valence-corrected chi connectivity index (χ2v) is 3.13. The molecule has 0 rings (SSSR count). The Labute approximate surface area is 85.3 Å². The van der Waals surface area contributed by atoms with E-state index in [-0.39, 0.29) is 12.3 Å². The highest BCUT2D eigenvalue weighted by molar-refractivity contribution is 7.79. The SMILES string of the molecule is CCCCCCO.N.N.O=S(=O)(O)O. The molecule has 92 valence electrons. The lowest BCUT2D eigenvalue weighted by molar-refractivity contribution is 0.283. The summed E-state index contributed by atoms with van der Waals surface area (Å²) in [5.41, 5.74) is 0. The summed E-state index contributed by atoms with van der Waals surface area (Å²) in [7, 11) is -4.67. The molecule has 0 aromatic rings. The van der Waals surface area contributed by atoms with E-state index >= 15 is 0 Å². The molecule has 7 nitrogen and oxygen atoms in total. The van der Waals surface area contributed by atoms with Gasteiger partial charge in [0.1, 0.15) is 0 Å². The van der Waals surface area contributed by atoms with Crippen molar-refractivity contribution >= 4 is 10.4 Å². The van der Waals surface area contributed by atoms with Gasteiger partial charge in [-0.3, -0.25) is 9.11 Å². The number of unbranched alkanes of at least 4 members (excludes halogenated alkanes) is 3. The smallest absolute Gasteiger partial charge is 0.394 e. The van der Waals surface area contributed by atoms with Crippen molar-refractivity contribution in [3.8, 4) is 0 Å². The zero-order chi connectivity index (χ0) is 10.0. The van der Waals surface area contributed by atoms with E-state index in [1.54, 1.807) is 0 Å². The normalized spacial score (nSPS) is 8.86. The van der Waals surface area contributed by atoms with Gasteiger partial charge in [-0.15, -0.1) is 0 Å². The van der Waals surface area contributed by atoms with Crippen LogP contribution in [0.1, 0.15) is 32.6 Å². The van der Waals surface area contributed by atoms with Gasteiger partial charge in [0.15, 0.2) is 0 Å². The maximum Gasteiger partial charge on any atom is 0.394 e. The molecule has 14 heavy (non-hydrogen) atoms. The van der Waals surface area contributed by atoms with Crippen molar-refractivity contribution in [1.29, 1.82) is 0 Å². The van der Waals surface area contributed by atoms with Crippen LogP contribution in [0.15, 0.2) is 0 Å². The van der Waals surface area contributed by atoms with Gasteiger partial charge in [-0.05, 0) is 6.42 Å². The van der Waals surface area contributed by atoms with Gasteiger partial charge in [0.2, 0.25) is 0 Å². The van der Waals surface area contributed by atoms with E-state index in [0.29, 0.717) is 6.61 Å². The lowest BCUT2D eigenvalue weighted by Gasteiger charge is -1.90. The highest BCUT2D eigenvalue weighted by atomic mass is 32.3. The van der Waals surface area contributed by atoms with Crippen LogP contribution < -0.4 is 12.3 Å². The highest BCUT2D eigenvalue weighted by Crippen LogP contribution is 1.95. The molecule has 0 aliphatic rings. The van der Waals surface area contributed by atoms with Crippen LogP contribution >= 0.6 is 0 Å². The number of aliphatic hydroxyl groups excluding tert-OH is 1. The predicted octanol–water partition coefficient (Wildman–Crippen LogP) is 1.23. The molecule has 0 amide bonds. The molecule has 0 aliphatic carbocycles. The second-order valence-electron chi connectivity index (χ2n) is 2.23. The zero-order valence-corrected chi connectivity index (χ0v) is 9.33. The Morgan fingerprint density at radius 1 is 1.00 bits per heavy atom. The second kappa shape index (κ2) is 15.2. The third kappa shape index (κ3) is 96.6. The van der Waals surface area contributed by atoms with E-state index in [9.17, 15) is 0 Å². The Morgan fingerprint density at radius 2 is 1.36 bits per heavy atom. The largest absolute Gasteiger partial charge is 0.396 e. The van der Waals surface area contributed by atoms with Crippen molar-refractivity contribution in [2.75, 3.05) is 6.61 Å². The molecule has 0 heterocycles. The number of hydrogen-bond donors (Lipinski definition) is 5. The van der Waals surface area contributed by atoms with Gasteiger partial charge in [0.25, 0.3) is 0 Å². The molecule has 0 saturated carbocycles. The van der Waals surface area contributed by atoms with Crippen LogP contribution in [-0.2, 0) is 10.4 Å². The summed E-state index contributed by atoms with van der Waals surface area (Å²) in [6, 6.07) is 0. The average molecular weight is 234 g/mol. The molecule has 8 heteroatoms. The van der Waals surface area contributed by atoms with E-state index in [2.05, 4.69) is 6.92 Å². The van der Waals surface area contributed by atoms with E-state index in [1.807, 2.05) is 0 Å². The first kappa shape index (κ1) is 23.5. The standard InChI is InChI=1S/C6H14O.2H3N.H2O4S/c1-2-3-4-5-6-7;;;1-5(2,3)4/h7H,2-6H2,1H3;2*1H3;(H2,1,2,3,4). The summed E-state index contributed by atoms with van der Waals surface area (Å²) in [5.74, 6) is 0. The summed E-state index contributed by atoms with van der Waals surface area (Å²) >= 11 is 0. The van der Waals surface area contributed by atoms with Gasteiger partial charge in [-0.2, -0.15) is 8.42 Å². The zero-order valence-electron chi connectivity index (χ0n) is 8.52. The molecule has 0 radical (unpaired) electrons. The van der Waals surface area contributed by atoms with Crippen LogP contribution in [0.3, 0.4) is 0 Å². The molecule has 0 saturated heterocycles. The summed E-state index contributed by atoms with van der Waals surface area (Å²) in [4.78, 5) is 0. The summed E-state index contributed by atoms with van der Waals surface area (Å²) < 4.78 is 31.6. The molecular formula is C6H22N2O5S. The minimum atomic E-state index is -4.67. The van der Waals surface area contributed by atoms with E-state index in [1.165, 1.54) is 19.3 Å². The Morgan fingerprint density at radius 3 is 1.57 bits per heavy atom. The lowest BCUT2D eigenvalue weighted by Crippen LogP contribution is -1.89. The van der Waals surface area contributed by atoms with Gasteiger partial charge < -0.3 is 17.4 Å². The molecule has 0 spiro atoms. The number of rotatable bonds is 4. The number of hydrogen-bond acceptors (Lipinski definition) is 5. The third-order valence-electron chi connectivity index (χ3n) is 1.01. The van der Waals surface area contributed by atoms with Crippen molar-refractivity contribution in [3.05, 3.63) is 0 Å². The van der Waals surface area contributed by atoms with E-state index < -0.39 is 10.4 Å². The predicted molar refractivity (Wildman–Crippen MR) is 55.4 cm³/mol. The monoisotopic (exact) mass is 234 g/mol. The Hall–Kier alpha value is -0.250. The van der Waals surface area contributed by atoms with E-state index in [0.717, 1.165) is 6.42 Å². The van der Waals surface area contributed by atoms with Gasteiger partial charge in [-0.25, -0.2) is 0 Å². The number of aliphatic hydroxyl groups is 1. The quantitative estimate of drug-likeness (QED) is 0.360. The Balaban J connectivity index is -0.0000000651. The minimum Gasteiger partial charge on any atom is -0.396 e. The maximum absolute atomic E-state index is 8.74. The first-order chi connectivity index (χ1) is 5.41. The molecule has 9 N–H and O–H groups in total. The maximum atomic E-state index is 8.74.